The summed E-state index contributed by atoms with van der Waals surface area (Å²) in [7, 11) is 0. The highest BCUT2D eigenvalue weighted by Crippen LogP contribution is 2.34. The monoisotopic (exact) mass is 448 g/mol. The van der Waals surface area contributed by atoms with Crippen LogP contribution in [0.15, 0.2) is 34.1 Å². The third-order valence-electron chi connectivity index (χ3n) is 4.67. The fourth-order valence-corrected chi connectivity index (χ4v) is 4.39. The lowest BCUT2D eigenvalue weighted by Crippen LogP contribution is -2.36. The van der Waals surface area contributed by atoms with Crippen molar-refractivity contribution in [1.29, 1.82) is 0 Å². The Labute approximate surface area is 183 Å². The summed E-state index contributed by atoms with van der Waals surface area (Å²) in [6.07, 6.45) is 3.98. The van der Waals surface area contributed by atoms with Gasteiger partial charge in [-0.3, -0.25) is 18.9 Å². The lowest BCUT2D eigenvalue weighted by molar-refractivity contribution is -0.123. The zero-order valence-corrected chi connectivity index (χ0v) is 18.5. The second kappa shape index (κ2) is 10.2. The summed E-state index contributed by atoms with van der Waals surface area (Å²) in [6, 6.07) is 5.27. The van der Waals surface area contributed by atoms with Gasteiger partial charge in [-0.1, -0.05) is 37.0 Å². The maximum Gasteiger partial charge on any atom is 0.267 e. The molecule has 8 nitrogen and oxygen atoms in total. The van der Waals surface area contributed by atoms with E-state index < -0.39 is 0 Å². The van der Waals surface area contributed by atoms with Crippen LogP contribution in [0.3, 0.4) is 0 Å². The summed E-state index contributed by atoms with van der Waals surface area (Å²) >= 11 is 6.57. The molecule has 1 amide bonds. The third-order valence-corrected chi connectivity index (χ3v) is 6.00. The number of aromatic nitrogens is 2. The van der Waals surface area contributed by atoms with E-state index in [1.807, 2.05) is 13.8 Å². The molecule has 1 aliphatic rings. The number of carbonyl (C=O) groups excluding carboxylic acids is 1. The maximum absolute atomic E-state index is 13.1. The Morgan fingerprint density at radius 3 is 2.90 bits per heavy atom. The van der Waals surface area contributed by atoms with Crippen LogP contribution < -0.4 is 10.9 Å². The lowest BCUT2D eigenvalue weighted by Gasteiger charge is -2.21. The summed E-state index contributed by atoms with van der Waals surface area (Å²) in [5.74, 6) is 0.168. The number of aliphatic hydroxyl groups is 1. The number of amides is 1. The number of hydrogen-bond acceptors (Lipinski definition) is 8. The summed E-state index contributed by atoms with van der Waals surface area (Å²) in [5, 5.41) is 11.9. The largest absolute Gasteiger partial charge is 0.394 e. The topological polar surface area (TPSA) is 96.2 Å². The molecule has 1 atom stereocenters. The molecule has 1 aliphatic heterocycles. The number of pyridine rings is 1. The van der Waals surface area contributed by atoms with Crippen LogP contribution in [0.25, 0.3) is 11.7 Å². The van der Waals surface area contributed by atoms with Crippen LogP contribution in [0.4, 0.5) is 5.82 Å². The van der Waals surface area contributed by atoms with Gasteiger partial charge in [0.25, 0.3) is 11.5 Å². The number of fused-ring (bicyclic) bond motifs is 1. The van der Waals surface area contributed by atoms with E-state index in [9.17, 15) is 9.59 Å². The second-order valence-corrected chi connectivity index (χ2v) is 8.36. The average molecular weight is 449 g/mol. The molecule has 30 heavy (non-hydrogen) atoms. The minimum Gasteiger partial charge on any atom is -0.394 e. The van der Waals surface area contributed by atoms with Crippen molar-refractivity contribution in [2.45, 2.75) is 26.3 Å². The molecule has 1 fully saturated rings. The van der Waals surface area contributed by atoms with Crippen molar-refractivity contribution in [3.63, 3.8) is 0 Å². The van der Waals surface area contributed by atoms with Gasteiger partial charge in [-0.2, -0.15) is 0 Å². The lowest BCUT2D eigenvalue weighted by atomic mass is 10.2. The van der Waals surface area contributed by atoms with Crippen LogP contribution in [0.5, 0.6) is 0 Å². The van der Waals surface area contributed by atoms with Crippen molar-refractivity contribution in [2.75, 3.05) is 31.7 Å². The number of nitrogens with one attached hydrogen (secondary N) is 1. The number of rotatable bonds is 9. The molecule has 2 N–H and O–H groups in total. The number of carbonyl (C=O) groups is 1. The van der Waals surface area contributed by atoms with Crippen LogP contribution in [-0.4, -0.2) is 62.0 Å². The standard InChI is InChI=1S/C20H24N4O4S2/c1-3-13(2)24-19(27)15(30-20(24)29)12-14-17(21-7-10-28-11-9-25)22-16-6-4-5-8-23(16)18(14)26/h4-6,8,12-13,21,25H,3,7,9-11H2,1-2H3/b15-12+/t13-/m1/s1. The number of ether oxygens (including phenoxy) is 1. The zero-order valence-electron chi connectivity index (χ0n) is 16.8. The van der Waals surface area contributed by atoms with Gasteiger partial charge in [0.1, 0.15) is 15.8 Å². The highest BCUT2D eigenvalue weighted by molar-refractivity contribution is 8.26. The number of thioether (sulfide) groups is 1. The molecule has 0 aromatic carbocycles. The van der Waals surface area contributed by atoms with Crippen molar-refractivity contribution in [3.8, 4) is 0 Å². The van der Waals surface area contributed by atoms with E-state index >= 15 is 0 Å². The molecule has 0 radical (unpaired) electrons. The van der Waals surface area contributed by atoms with E-state index in [-0.39, 0.29) is 36.3 Å². The van der Waals surface area contributed by atoms with Crippen LogP contribution in [0, 0.1) is 0 Å². The quantitative estimate of drug-likeness (QED) is 0.342. The number of nitrogens with zero attached hydrogens (tertiary/aromatic N) is 3. The van der Waals surface area contributed by atoms with Gasteiger partial charge in [-0.15, -0.1) is 0 Å². The molecule has 0 saturated carbocycles. The van der Waals surface area contributed by atoms with Crippen LogP contribution in [0.2, 0.25) is 0 Å². The van der Waals surface area contributed by atoms with Gasteiger partial charge < -0.3 is 15.2 Å². The van der Waals surface area contributed by atoms with Crippen LogP contribution in [-0.2, 0) is 9.53 Å². The van der Waals surface area contributed by atoms with Gasteiger partial charge in [0, 0.05) is 18.8 Å². The van der Waals surface area contributed by atoms with Crippen molar-refractivity contribution in [1.82, 2.24) is 14.3 Å². The van der Waals surface area contributed by atoms with Gasteiger partial charge in [-0.05, 0) is 31.6 Å². The summed E-state index contributed by atoms with van der Waals surface area (Å²) < 4.78 is 7.18. The molecule has 0 bridgehead atoms. The van der Waals surface area contributed by atoms with Crippen molar-refractivity contribution < 1.29 is 14.6 Å². The molecule has 0 spiro atoms. The molecular formula is C20H24N4O4S2. The van der Waals surface area contributed by atoms with Gasteiger partial charge in [0.05, 0.1) is 30.3 Å². The van der Waals surface area contributed by atoms with Gasteiger partial charge in [-0.25, -0.2) is 4.98 Å². The maximum atomic E-state index is 13.1. The van der Waals surface area contributed by atoms with E-state index in [0.717, 1.165) is 6.42 Å². The Hall–Kier alpha value is -2.27. The van der Waals surface area contributed by atoms with E-state index in [1.54, 1.807) is 35.4 Å². The van der Waals surface area contributed by atoms with Crippen molar-refractivity contribution >= 4 is 51.7 Å². The molecular weight excluding hydrogens is 424 g/mol. The Kier molecular flexibility index (Phi) is 7.59. The molecule has 3 heterocycles. The average Bonchev–Trinajstić information content (AvgIpc) is 3.02. The van der Waals surface area contributed by atoms with E-state index in [2.05, 4.69) is 10.3 Å². The molecule has 160 valence electrons. The normalized spacial score (nSPS) is 16.6. The van der Waals surface area contributed by atoms with E-state index in [1.165, 1.54) is 16.2 Å². The van der Waals surface area contributed by atoms with Crippen molar-refractivity contribution in [2.24, 2.45) is 0 Å². The van der Waals surface area contributed by atoms with Gasteiger partial charge in [0.15, 0.2) is 0 Å². The SMILES string of the molecule is CC[C@@H](C)N1C(=O)/C(=C\c2c(NCCOCCO)nc3ccccn3c2=O)SC1=S. The third kappa shape index (κ3) is 4.72. The van der Waals surface area contributed by atoms with E-state index in [4.69, 9.17) is 22.1 Å². The minimum absolute atomic E-state index is 0.0134. The Morgan fingerprint density at radius 2 is 2.17 bits per heavy atom. The Bertz CT molecular complexity index is 1040. The molecule has 0 aliphatic carbocycles. The Morgan fingerprint density at radius 1 is 1.37 bits per heavy atom. The summed E-state index contributed by atoms with van der Waals surface area (Å²) in [6.45, 7) is 4.85. The predicted octanol–water partition coefficient (Wildman–Crippen LogP) is 2.12. The number of hydrogen-bond donors (Lipinski definition) is 2. The Balaban J connectivity index is 1.99. The first-order valence-corrected chi connectivity index (χ1v) is 10.9. The molecule has 2 aromatic heterocycles. The van der Waals surface area contributed by atoms with Gasteiger partial charge in [0.2, 0.25) is 0 Å². The highest BCUT2D eigenvalue weighted by atomic mass is 32.2. The molecule has 1 saturated heterocycles. The smallest absolute Gasteiger partial charge is 0.267 e. The molecule has 2 aromatic rings. The molecule has 10 heteroatoms. The van der Waals surface area contributed by atoms with Gasteiger partial charge >= 0.3 is 0 Å². The molecule has 0 unspecified atom stereocenters. The number of thiocarbonyl (C=S) groups is 1. The number of anilines is 1. The fourth-order valence-electron chi connectivity index (χ4n) is 2.95. The highest BCUT2D eigenvalue weighted by Gasteiger charge is 2.35. The minimum atomic E-state index is -0.284. The molecule has 3 rings (SSSR count). The fraction of sp³-hybridized carbons (Fsp3) is 0.400. The predicted molar refractivity (Wildman–Crippen MR) is 123 cm³/mol. The number of aliphatic hydroxyl groups excluding tert-OH is 1. The first kappa shape index (κ1) is 22.4. The summed E-state index contributed by atoms with van der Waals surface area (Å²) in [5.41, 5.74) is 0.490. The first-order chi connectivity index (χ1) is 14.5. The van der Waals surface area contributed by atoms with E-state index in [0.29, 0.717) is 33.8 Å². The summed E-state index contributed by atoms with van der Waals surface area (Å²) in [4.78, 5) is 32.6. The van der Waals surface area contributed by atoms with Crippen LogP contribution in [0.1, 0.15) is 25.8 Å². The van der Waals surface area contributed by atoms with Crippen LogP contribution >= 0.6 is 24.0 Å². The first-order valence-electron chi connectivity index (χ1n) is 9.68. The van der Waals surface area contributed by atoms with Crippen molar-refractivity contribution in [3.05, 3.63) is 45.2 Å². The second-order valence-electron chi connectivity index (χ2n) is 6.68. The zero-order chi connectivity index (χ0) is 21.7.